The van der Waals surface area contributed by atoms with E-state index < -0.39 is 11.9 Å². The maximum Gasteiger partial charge on any atom is 0.309 e. The van der Waals surface area contributed by atoms with Gasteiger partial charge in [-0.3, -0.25) is 14.4 Å². The Labute approximate surface area is 174 Å². The number of hydrogen-bond donors (Lipinski definition) is 1. The number of benzene rings is 2. The number of para-hydroxylation sites is 1. The SMILES string of the molecule is Cc1ccccc1C(=O)N1CCC(C(=O)OCC(=O)Nc2ccccc2Cl)CC1. The van der Waals surface area contributed by atoms with Crippen molar-refractivity contribution < 1.29 is 19.1 Å². The first kappa shape index (κ1) is 20.9. The van der Waals surface area contributed by atoms with Gasteiger partial charge in [-0.1, -0.05) is 41.9 Å². The molecule has 2 aromatic rings. The van der Waals surface area contributed by atoms with Crippen molar-refractivity contribution in [1.82, 2.24) is 4.90 Å². The molecular weight excluding hydrogens is 392 g/mol. The molecule has 1 N–H and O–H groups in total. The summed E-state index contributed by atoms with van der Waals surface area (Å²) < 4.78 is 5.16. The number of ether oxygens (including phenoxy) is 1. The first-order chi connectivity index (χ1) is 14.0. The van der Waals surface area contributed by atoms with Gasteiger partial charge in [0.05, 0.1) is 16.6 Å². The normalized spacial score (nSPS) is 14.3. The zero-order valence-corrected chi connectivity index (χ0v) is 16.9. The van der Waals surface area contributed by atoms with E-state index in [1.165, 1.54) is 0 Å². The number of nitrogens with one attached hydrogen (secondary N) is 1. The number of carbonyl (C=O) groups is 3. The Hall–Kier alpha value is -2.86. The standard InChI is InChI=1S/C22H23ClN2O4/c1-15-6-2-3-7-17(15)21(27)25-12-10-16(11-13-25)22(28)29-14-20(26)24-19-9-5-4-8-18(19)23/h2-9,16H,10-14H2,1H3,(H,24,26). The van der Waals surface area contributed by atoms with Crippen molar-refractivity contribution >= 4 is 35.1 Å². The van der Waals surface area contributed by atoms with Crippen LogP contribution in [0.3, 0.4) is 0 Å². The average molecular weight is 415 g/mol. The molecule has 0 spiro atoms. The van der Waals surface area contributed by atoms with Gasteiger partial charge in [0, 0.05) is 18.7 Å². The van der Waals surface area contributed by atoms with E-state index in [4.69, 9.17) is 16.3 Å². The molecule has 0 radical (unpaired) electrons. The van der Waals surface area contributed by atoms with Crippen LogP contribution in [0.15, 0.2) is 48.5 Å². The van der Waals surface area contributed by atoms with Gasteiger partial charge in [0.15, 0.2) is 6.61 Å². The fourth-order valence-electron chi connectivity index (χ4n) is 3.30. The number of carbonyl (C=O) groups excluding carboxylic acids is 3. The van der Waals surface area contributed by atoms with E-state index in [1.807, 2.05) is 31.2 Å². The van der Waals surface area contributed by atoms with Crippen molar-refractivity contribution in [2.45, 2.75) is 19.8 Å². The number of esters is 1. The predicted octanol–water partition coefficient (Wildman–Crippen LogP) is 3.68. The first-order valence-electron chi connectivity index (χ1n) is 9.51. The first-order valence-corrected chi connectivity index (χ1v) is 9.89. The van der Waals surface area contributed by atoms with E-state index in [9.17, 15) is 14.4 Å². The van der Waals surface area contributed by atoms with Crippen LogP contribution in [-0.4, -0.2) is 42.4 Å². The number of amides is 2. The molecule has 1 heterocycles. The van der Waals surface area contributed by atoms with E-state index in [0.717, 1.165) is 5.56 Å². The minimum atomic E-state index is -0.446. The van der Waals surface area contributed by atoms with Crippen molar-refractivity contribution in [3.8, 4) is 0 Å². The molecule has 6 nitrogen and oxygen atoms in total. The molecule has 0 bridgehead atoms. The van der Waals surface area contributed by atoms with E-state index in [0.29, 0.717) is 42.2 Å². The molecular formula is C22H23ClN2O4. The number of rotatable bonds is 5. The van der Waals surface area contributed by atoms with Crippen molar-refractivity contribution in [3.05, 3.63) is 64.7 Å². The third-order valence-electron chi connectivity index (χ3n) is 4.98. The van der Waals surface area contributed by atoms with Gasteiger partial charge in [-0.15, -0.1) is 0 Å². The molecule has 2 aromatic carbocycles. The number of nitrogens with zero attached hydrogens (tertiary/aromatic N) is 1. The summed E-state index contributed by atoms with van der Waals surface area (Å²) in [5, 5.41) is 3.03. The van der Waals surface area contributed by atoms with E-state index in [-0.39, 0.29) is 18.4 Å². The van der Waals surface area contributed by atoms with Crippen LogP contribution in [-0.2, 0) is 14.3 Å². The highest BCUT2D eigenvalue weighted by molar-refractivity contribution is 6.33. The maximum atomic E-state index is 12.7. The molecule has 1 fully saturated rings. The maximum absolute atomic E-state index is 12.7. The molecule has 0 aliphatic carbocycles. The second-order valence-corrected chi connectivity index (χ2v) is 7.42. The Morgan fingerprint density at radius 2 is 1.72 bits per heavy atom. The molecule has 2 amide bonds. The van der Waals surface area contributed by atoms with Gasteiger partial charge in [-0.25, -0.2) is 0 Å². The van der Waals surface area contributed by atoms with Gasteiger partial charge < -0.3 is 15.0 Å². The summed E-state index contributed by atoms with van der Waals surface area (Å²) in [4.78, 5) is 38.7. The lowest BCUT2D eigenvalue weighted by Gasteiger charge is -2.31. The summed E-state index contributed by atoms with van der Waals surface area (Å²) in [6, 6.07) is 14.3. The second-order valence-electron chi connectivity index (χ2n) is 7.02. The number of hydrogen-bond acceptors (Lipinski definition) is 4. The van der Waals surface area contributed by atoms with E-state index >= 15 is 0 Å². The van der Waals surface area contributed by atoms with Crippen LogP contribution in [0.2, 0.25) is 5.02 Å². The van der Waals surface area contributed by atoms with Crippen molar-refractivity contribution in [3.63, 3.8) is 0 Å². The predicted molar refractivity (Wildman–Crippen MR) is 111 cm³/mol. The number of aryl methyl sites for hydroxylation is 1. The second kappa shape index (κ2) is 9.56. The third-order valence-corrected chi connectivity index (χ3v) is 5.31. The lowest BCUT2D eigenvalue weighted by Crippen LogP contribution is -2.41. The molecule has 29 heavy (non-hydrogen) atoms. The summed E-state index contributed by atoms with van der Waals surface area (Å²) in [5.41, 5.74) is 2.09. The minimum Gasteiger partial charge on any atom is -0.455 e. The Bertz CT molecular complexity index is 907. The van der Waals surface area contributed by atoms with Gasteiger partial charge in [0.2, 0.25) is 0 Å². The minimum absolute atomic E-state index is 0.0194. The quantitative estimate of drug-likeness (QED) is 0.757. The Kier molecular flexibility index (Phi) is 6.88. The van der Waals surface area contributed by atoms with E-state index in [1.54, 1.807) is 29.2 Å². The molecule has 1 saturated heterocycles. The molecule has 7 heteroatoms. The van der Waals surface area contributed by atoms with Gasteiger partial charge >= 0.3 is 5.97 Å². The Morgan fingerprint density at radius 1 is 1.07 bits per heavy atom. The largest absolute Gasteiger partial charge is 0.455 e. The van der Waals surface area contributed by atoms with Gasteiger partial charge in [0.25, 0.3) is 11.8 Å². The van der Waals surface area contributed by atoms with Crippen LogP contribution >= 0.6 is 11.6 Å². The smallest absolute Gasteiger partial charge is 0.309 e. The van der Waals surface area contributed by atoms with Crippen LogP contribution < -0.4 is 5.32 Å². The van der Waals surface area contributed by atoms with Gasteiger partial charge in [-0.05, 0) is 43.5 Å². The summed E-state index contributed by atoms with van der Waals surface area (Å²) in [5.74, 6) is -1.20. The average Bonchev–Trinajstić information content (AvgIpc) is 2.73. The highest BCUT2D eigenvalue weighted by Crippen LogP contribution is 2.22. The highest BCUT2D eigenvalue weighted by atomic mass is 35.5. The molecule has 0 aromatic heterocycles. The van der Waals surface area contributed by atoms with Gasteiger partial charge in [-0.2, -0.15) is 0 Å². The molecule has 0 saturated carbocycles. The molecule has 0 atom stereocenters. The van der Waals surface area contributed by atoms with Crippen molar-refractivity contribution in [2.75, 3.05) is 25.0 Å². The van der Waals surface area contributed by atoms with Crippen LogP contribution in [0.25, 0.3) is 0 Å². The lowest BCUT2D eigenvalue weighted by molar-refractivity contribution is -0.152. The molecule has 152 valence electrons. The molecule has 1 aliphatic rings. The summed E-state index contributed by atoms with van der Waals surface area (Å²) in [7, 11) is 0. The van der Waals surface area contributed by atoms with Crippen molar-refractivity contribution in [1.29, 1.82) is 0 Å². The topological polar surface area (TPSA) is 75.7 Å². The highest BCUT2D eigenvalue weighted by Gasteiger charge is 2.29. The zero-order valence-electron chi connectivity index (χ0n) is 16.2. The Balaban J connectivity index is 1.45. The number of anilines is 1. The monoisotopic (exact) mass is 414 g/mol. The van der Waals surface area contributed by atoms with Crippen LogP contribution in [0.5, 0.6) is 0 Å². The van der Waals surface area contributed by atoms with Crippen LogP contribution in [0, 0.1) is 12.8 Å². The van der Waals surface area contributed by atoms with E-state index in [2.05, 4.69) is 5.32 Å². The summed E-state index contributed by atoms with van der Waals surface area (Å²) in [6.45, 7) is 2.51. The summed E-state index contributed by atoms with van der Waals surface area (Å²) >= 11 is 5.99. The number of halogens is 1. The third kappa shape index (κ3) is 5.35. The van der Waals surface area contributed by atoms with Gasteiger partial charge in [0.1, 0.15) is 0 Å². The zero-order chi connectivity index (χ0) is 20.8. The molecule has 1 aliphatic heterocycles. The fraction of sp³-hybridized carbons (Fsp3) is 0.318. The van der Waals surface area contributed by atoms with Crippen LogP contribution in [0.4, 0.5) is 5.69 Å². The Morgan fingerprint density at radius 3 is 2.41 bits per heavy atom. The fourth-order valence-corrected chi connectivity index (χ4v) is 3.49. The lowest BCUT2D eigenvalue weighted by atomic mass is 9.96. The number of piperidine rings is 1. The molecule has 0 unspecified atom stereocenters. The van der Waals surface area contributed by atoms with Crippen LogP contribution in [0.1, 0.15) is 28.8 Å². The summed E-state index contributed by atoms with van der Waals surface area (Å²) in [6.07, 6.45) is 1.03. The van der Waals surface area contributed by atoms with Crippen molar-refractivity contribution in [2.24, 2.45) is 5.92 Å². The molecule has 3 rings (SSSR count). The number of likely N-dealkylation sites (tertiary alicyclic amines) is 1.